The third kappa shape index (κ3) is 5.57. The van der Waals surface area contributed by atoms with Gasteiger partial charge in [0.05, 0.1) is 10.4 Å². The van der Waals surface area contributed by atoms with Crippen LogP contribution in [-0.2, 0) is 16.0 Å². The Kier molecular flexibility index (Phi) is 7.99. The minimum absolute atomic E-state index is 0.0204. The van der Waals surface area contributed by atoms with Crippen LogP contribution >= 0.6 is 22.7 Å². The van der Waals surface area contributed by atoms with Crippen molar-refractivity contribution in [3.8, 4) is 0 Å². The van der Waals surface area contributed by atoms with E-state index < -0.39 is 17.8 Å². The smallest absolute Gasteiger partial charge is 0.333 e. The molecule has 41 heavy (non-hydrogen) atoms. The zero-order chi connectivity index (χ0) is 28.5. The highest BCUT2D eigenvalue weighted by atomic mass is 32.1. The van der Waals surface area contributed by atoms with Crippen LogP contribution < -0.4 is 4.90 Å². The number of barbiturate groups is 1. The van der Waals surface area contributed by atoms with Crippen LogP contribution in [0.2, 0.25) is 0 Å². The summed E-state index contributed by atoms with van der Waals surface area (Å²) in [6, 6.07) is 7.51. The summed E-state index contributed by atoms with van der Waals surface area (Å²) in [6.07, 6.45) is 11.0. The topological polar surface area (TPSA) is 98.5 Å². The van der Waals surface area contributed by atoms with Gasteiger partial charge < -0.3 is 4.90 Å². The molecule has 2 fully saturated rings. The largest absolute Gasteiger partial charge is 0.371 e. The summed E-state index contributed by atoms with van der Waals surface area (Å²) >= 11 is 2.81. The van der Waals surface area contributed by atoms with Gasteiger partial charge in [-0.15, -0.1) is 21.6 Å². The van der Waals surface area contributed by atoms with Crippen LogP contribution in [-0.4, -0.2) is 58.8 Å². The lowest BCUT2D eigenvalue weighted by atomic mass is 9.93. The van der Waals surface area contributed by atoms with Crippen molar-refractivity contribution in [3.63, 3.8) is 0 Å². The molecule has 2 aromatic heterocycles. The van der Waals surface area contributed by atoms with Gasteiger partial charge in [-0.05, 0) is 61.6 Å². The first-order chi connectivity index (χ1) is 19.9. The van der Waals surface area contributed by atoms with Gasteiger partial charge in [0.1, 0.15) is 10.4 Å². The van der Waals surface area contributed by atoms with Crippen LogP contribution in [0, 0.1) is 0 Å². The fraction of sp³-hybridized carbons (Fsp3) is 0.467. The minimum atomic E-state index is -0.565. The highest BCUT2D eigenvalue weighted by Crippen LogP contribution is 2.37. The number of carbonyl (C=O) groups is 3. The molecule has 214 valence electrons. The van der Waals surface area contributed by atoms with Crippen LogP contribution in [0.5, 0.6) is 0 Å². The number of thiazole rings is 1. The molecule has 0 N–H and O–H groups in total. The molecule has 1 saturated carbocycles. The van der Waals surface area contributed by atoms with Gasteiger partial charge in [0, 0.05) is 36.7 Å². The number of amides is 4. The first kappa shape index (κ1) is 27.7. The lowest BCUT2D eigenvalue weighted by Crippen LogP contribution is -2.58. The molecule has 0 spiro atoms. The Morgan fingerprint density at radius 1 is 1.02 bits per heavy atom. The van der Waals surface area contributed by atoms with Gasteiger partial charge in [-0.25, -0.2) is 9.78 Å². The monoisotopic (exact) mass is 590 g/mol. The number of likely N-dealkylation sites (N-methyl/N-ethyl adjacent to an activating group) is 1. The molecule has 0 radical (unpaired) electrons. The number of rotatable bonds is 8. The van der Waals surface area contributed by atoms with E-state index in [0.717, 1.165) is 76.6 Å². The summed E-state index contributed by atoms with van der Waals surface area (Å²) in [6.45, 7) is 4.39. The standard InChI is InChI=1S/C30H34N6O3S2/c1-3-4-8-14-35-15-13-19-16-20(11-12-24(19)35)32-33-29-31-26-25(41-29)18-22(40-26)17-23-27(37)34(2)30(39)36(28(23)38)21-9-6-5-7-10-21/h11-12,16-18,21H,3-10,13-15H2,1-2H3/b23-17+,33-32+. The van der Waals surface area contributed by atoms with Gasteiger partial charge in [-0.3, -0.25) is 19.4 Å². The van der Waals surface area contributed by atoms with Crippen molar-refractivity contribution in [2.45, 2.75) is 70.8 Å². The Morgan fingerprint density at radius 3 is 2.63 bits per heavy atom. The molecule has 0 unspecified atom stereocenters. The minimum Gasteiger partial charge on any atom is -0.371 e. The molecule has 3 aliphatic rings. The predicted octanol–water partition coefficient (Wildman–Crippen LogP) is 7.46. The lowest BCUT2D eigenvalue weighted by molar-refractivity contribution is -0.136. The van der Waals surface area contributed by atoms with E-state index in [1.54, 1.807) is 6.08 Å². The van der Waals surface area contributed by atoms with Crippen molar-refractivity contribution in [3.05, 3.63) is 40.3 Å². The van der Waals surface area contributed by atoms with Gasteiger partial charge in [0.2, 0.25) is 5.13 Å². The number of fused-ring (bicyclic) bond motifs is 2. The number of carbonyl (C=O) groups excluding carboxylic acids is 3. The second-order valence-corrected chi connectivity index (χ2v) is 13.0. The molecule has 1 aliphatic carbocycles. The van der Waals surface area contributed by atoms with Crippen LogP contribution in [0.1, 0.15) is 68.7 Å². The molecule has 2 aliphatic heterocycles. The molecule has 4 amide bonds. The normalized spacial score (nSPS) is 19.5. The summed E-state index contributed by atoms with van der Waals surface area (Å²) in [4.78, 5) is 50.0. The Balaban J connectivity index is 1.17. The van der Waals surface area contributed by atoms with Gasteiger partial charge in [0.25, 0.3) is 11.8 Å². The van der Waals surface area contributed by atoms with Crippen molar-refractivity contribution in [2.75, 3.05) is 25.0 Å². The second-order valence-electron chi connectivity index (χ2n) is 10.9. The average Bonchev–Trinajstić information content (AvgIpc) is 3.67. The first-order valence-corrected chi connectivity index (χ1v) is 16.1. The van der Waals surface area contributed by atoms with Gasteiger partial charge in [-0.2, -0.15) is 0 Å². The van der Waals surface area contributed by atoms with Crippen molar-refractivity contribution in [1.82, 2.24) is 14.8 Å². The summed E-state index contributed by atoms with van der Waals surface area (Å²) in [7, 11) is 1.44. The molecule has 6 rings (SSSR count). The Bertz CT molecular complexity index is 1520. The number of azo groups is 1. The number of thiophene rings is 1. The second kappa shape index (κ2) is 11.8. The molecule has 1 aromatic carbocycles. The number of benzene rings is 1. The molecule has 9 nitrogen and oxygen atoms in total. The SMILES string of the molecule is CCCCCN1CCc2cc(/N=N/c3nc4sc(/C=C5\C(=O)N(C)C(=O)N(C6CCCCC6)C5=O)cc4s3)ccc21. The number of hydrogen-bond acceptors (Lipinski definition) is 9. The molecular weight excluding hydrogens is 557 g/mol. The maximum Gasteiger partial charge on any atom is 0.333 e. The number of hydrogen-bond donors (Lipinski definition) is 0. The Labute approximate surface area is 247 Å². The Hall–Kier alpha value is -3.44. The number of imide groups is 2. The zero-order valence-electron chi connectivity index (χ0n) is 23.5. The molecule has 0 atom stereocenters. The molecule has 4 heterocycles. The van der Waals surface area contributed by atoms with Crippen LogP contribution in [0.25, 0.3) is 15.6 Å². The van der Waals surface area contributed by atoms with E-state index in [2.05, 4.69) is 39.2 Å². The quantitative estimate of drug-likeness (QED) is 0.117. The highest BCUT2D eigenvalue weighted by Gasteiger charge is 2.43. The molecule has 1 saturated heterocycles. The zero-order valence-corrected chi connectivity index (χ0v) is 25.1. The van der Waals surface area contributed by atoms with Crippen molar-refractivity contribution < 1.29 is 14.4 Å². The third-order valence-corrected chi connectivity index (χ3v) is 10.1. The van der Waals surface area contributed by atoms with Gasteiger partial charge >= 0.3 is 6.03 Å². The fourth-order valence-corrected chi connectivity index (χ4v) is 7.91. The summed E-state index contributed by atoms with van der Waals surface area (Å²) < 4.78 is 0.914. The van der Waals surface area contributed by atoms with E-state index >= 15 is 0 Å². The third-order valence-electron chi connectivity index (χ3n) is 8.14. The lowest BCUT2D eigenvalue weighted by Gasteiger charge is -2.38. The van der Waals surface area contributed by atoms with Crippen molar-refractivity contribution in [1.29, 1.82) is 0 Å². The Morgan fingerprint density at radius 2 is 1.85 bits per heavy atom. The maximum absolute atomic E-state index is 13.3. The van der Waals surface area contributed by atoms with Crippen LogP contribution in [0.4, 0.5) is 21.3 Å². The van der Waals surface area contributed by atoms with E-state index in [4.69, 9.17) is 0 Å². The highest BCUT2D eigenvalue weighted by molar-refractivity contribution is 7.29. The summed E-state index contributed by atoms with van der Waals surface area (Å²) in [5, 5.41) is 9.40. The van der Waals surface area contributed by atoms with E-state index in [9.17, 15) is 14.4 Å². The first-order valence-electron chi connectivity index (χ1n) is 14.5. The number of aromatic nitrogens is 1. The number of nitrogens with zero attached hydrogens (tertiary/aromatic N) is 6. The van der Waals surface area contributed by atoms with Crippen molar-refractivity contribution >= 4 is 72.6 Å². The number of anilines is 1. The van der Waals surface area contributed by atoms with E-state index in [1.807, 2.05) is 12.1 Å². The van der Waals surface area contributed by atoms with E-state index in [-0.39, 0.29) is 11.6 Å². The maximum atomic E-state index is 13.3. The van der Waals surface area contributed by atoms with Crippen molar-refractivity contribution in [2.24, 2.45) is 10.2 Å². The predicted molar refractivity (Wildman–Crippen MR) is 163 cm³/mol. The number of unbranched alkanes of at least 4 members (excludes halogenated alkanes) is 2. The summed E-state index contributed by atoms with van der Waals surface area (Å²) in [5.41, 5.74) is 3.46. The molecule has 0 bridgehead atoms. The van der Waals surface area contributed by atoms with E-state index in [1.165, 1.54) is 65.1 Å². The molecule has 11 heteroatoms. The average molecular weight is 591 g/mol. The van der Waals surface area contributed by atoms with Gasteiger partial charge in [0.15, 0.2) is 0 Å². The molecule has 3 aromatic rings. The van der Waals surface area contributed by atoms with Gasteiger partial charge in [-0.1, -0.05) is 50.4 Å². The fourth-order valence-electron chi connectivity index (χ4n) is 5.92. The van der Waals surface area contributed by atoms with E-state index in [0.29, 0.717) is 5.13 Å². The van der Waals surface area contributed by atoms with Crippen LogP contribution in [0.3, 0.4) is 0 Å². The van der Waals surface area contributed by atoms with Crippen LogP contribution in [0.15, 0.2) is 40.1 Å². The molecular formula is C30H34N6O3S2. The summed E-state index contributed by atoms with van der Waals surface area (Å²) in [5.74, 6) is -1.06. The number of urea groups is 1.